The molecule has 5 nitrogen and oxygen atoms in total. The zero-order valence-corrected chi connectivity index (χ0v) is 15.6. The van der Waals surface area contributed by atoms with Crippen molar-refractivity contribution in [1.29, 1.82) is 0 Å². The Labute approximate surface area is 154 Å². The normalized spacial score (nSPS) is 25.5. The van der Waals surface area contributed by atoms with E-state index in [0.29, 0.717) is 50.5 Å². The van der Waals surface area contributed by atoms with Crippen LogP contribution in [0, 0.1) is 17.8 Å². The molecule has 150 valence electrons. The van der Waals surface area contributed by atoms with Crippen molar-refractivity contribution in [3.63, 3.8) is 0 Å². The van der Waals surface area contributed by atoms with Gasteiger partial charge >= 0.3 is 0 Å². The first-order valence-electron chi connectivity index (χ1n) is 9.85. The second kappa shape index (κ2) is 9.62. The molecule has 0 radical (unpaired) electrons. The maximum Gasteiger partial charge on any atom is 0.248 e. The van der Waals surface area contributed by atoms with Crippen LogP contribution in [0.1, 0.15) is 64.7 Å². The van der Waals surface area contributed by atoms with Gasteiger partial charge in [0.05, 0.1) is 12.6 Å². The highest BCUT2D eigenvalue weighted by Gasteiger charge is 2.35. The summed E-state index contributed by atoms with van der Waals surface area (Å²) in [6, 6.07) is -0.396. The lowest BCUT2D eigenvalue weighted by atomic mass is 9.80. The first-order valence-corrected chi connectivity index (χ1v) is 9.85. The van der Waals surface area contributed by atoms with Gasteiger partial charge < -0.3 is 15.7 Å². The highest BCUT2D eigenvalue weighted by atomic mass is 19.3. The molecule has 2 fully saturated rings. The van der Waals surface area contributed by atoms with Gasteiger partial charge in [-0.15, -0.1) is 0 Å². The molecule has 1 aliphatic heterocycles. The van der Waals surface area contributed by atoms with Crippen LogP contribution in [0.4, 0.5) is 8.78 Å². The molecule has 0 bridgehead atoms. The molecule has 2 amide bonds. The summed E-state index contributed by atoms with van der Waals surface area (Å²) in [6.45, 7) is 2.54. The Bertz CT molecular complexity index is 477. The quantitative estimate of drug-likeness (QED) is 0.580. The van der Waals surface area contributed by atoms with Crippen LogP contribution in [-0.2, 0) is 9.59 Å². The second-order valence-electron chi connectivity index (χ2n) is 8.14. The van der Waals surface area contributed by atoms with Crippen LogP contribution in [0.3, 0.4) is 0 Å². The zero-order valence-electron chi connectivity index (χ0n) is 15.6. The Hall–Kier alpha value is -1.24. The van der Waals surface area contributed by atoms with Crippen LogP contribution in [0.15, 0.2) is 0 Å². The second-order valence-corrected chi connectivity index (χ2v) is 8.14. The third-order valence-electron chi connectivity index (χ3n) is 5.75. The Morgan fingerprint density at radius 2 is 2.00 bits per heavy atom. The topological polar surface area (TPSA) is 78.4 Å². The lowest BCUT2D eigenvalue weighted by Gasteiger charge is -2.29. The van der Waals surface area contributed by atoms with E-state index in [1.807, 2.05) is 0 Å². The summed E-state index contributed by atoms with van der Waals surface area (Å²) in [5.74, 6) is -2.12. The average molecular weight is 374 g/mol. The summed E-state index contributed by atoms with van der Waals surface area (Å²) >= 11 is 0. The van der Waals surface area contributed by atoms with E-state index >= 15 is 0 Å². The molecule has 2 rings (SSSR count). The largest absolute Gasteiger partial charge is 0.394 e. The first kappa shape index (κ1) is 21.1. The fraction of sp³-hybridized carbons (Fsp3) is 0.895. The van der Waals surface area contributed by atoms with Crippen LogP contribution >= 0.6 is 0 Å². The summed E-state index contributed by atoms with van der Waals surface area (Å²) in [6.07, 6.45) is 4.25. The zero-order chi connectivity index (χ0) is 19.2. The number of halogens is 2. The number of amides is 2. The Balaban J connectivity index is 1.64. The van der Waals surface area contributed by atoms with E-state index in [1.165, 1.54) is 0 Å². The summed E-state index contributed by atoms with van der Waals surface area (Å²) < 4.78 is 26.4. The predicted molar refractivity (Wildman–Crippen MR) is 94.7 cm³/mol. The van der Waals surface area contributed by atoms with Gasteiger partial charge in [-0.25, -0.2) is 8.78 Å². The molecule has 1 unspecified atom stereocenters. The van der Waals surface area contributed by atoms with Crippen molar-refractivity contribution in [2.45, 2.75) is 76.7 Å². The fourth-order valence-corrected chi connectivity index (χ4v) is 4.09. The number of aliphatic hydroxyl groups excluding tert-OH is 1. The molecule has 0 aromatic rings. The van der Waals surface area contributed by atoms with Crippen molar-refractivity contribution in [3.8, 4) is 0 Å². The van der Waals surface area contributed by atoms with Crippen molar-refractivity contribution in [1.82, 2.24) is 10.6 Å². The van der Waals surface area contributed by atoms with Crippen LogP contribution in [0.2, 0.25) is 0 Å². The number of alkyl halides is 2. The Morgan fingerprint density at radius 1 is 1.31 bits per heavy atom. The number of rotatable bonds is 9. The minimum Gasteiger partial charge on any atom is -0.394 e. The van der Waals surface area contributed by atoms with Gasteiger partial charge in [-0.2, -0.15) is 0 Å². The molecular weight excluding hydrogens is 342 g/mol. The molecule has 26 heavy (non-hydrogen) atoms. The number of hydrogen-bond donors (Lipinski definition) is 3. The molecule has 2 aliphatic rings. The number of carbonyl (C=O) groups is 2. The highest BCUT2D eigenvalue weighted by molar-refractivity contribution is 5.81. The van der Waals surface area contributed by atoms with Crippen molar-refractivity contribution in [3.05, 3.63) is 0 Å². The summed E-state index contributed by atoms with van der Waals surface area (Å²) in [4.78, 5) is 23.7. The Kier molecular flexibility index (Phi) is 7.80. The average Bonchev–Trinajstić information content (AvgIpc) is 2.99. The molecule has 0 aromatic heterocycles. The van der Waals surface area contributed by atoms with Gasteiger partial charge in [0.15, 0.2) is 0 Å². The standard InChI is InChI=1S/C19H32F2N2O3/c1-13(10-14-4-7-19(20,21)8-5-14)2-3-17(25)23-16(12-24)11-15-6-9-22-18(15)26/h13-16,24H,2-12H2,1H3,(H,22,26)(H,23,25)/t13?,15-,16-/m0/s1. The number of hydrogen-bond acceptors (Lipinski definition) is 3. The molecule has 1 saturated heterocycles. The van der Waals surface area contributed by atoms with Crippen LogP contribution in [0.5, 0.6) is 0 Å². The van der Waals surface area contributed by atoms with Gasteiger partial charge in [-0.1, -0.05) is 6.92 Å². The lowest BCUT2D eigenvalue weighted by molar-refractivity contribution is -0.125. The monoisotopic (exact) mass is 374 g/mol. The molecule has 3 atom stereocenters. The number of carbonyl (C=O) groups excluding carboxylic acids is 2. The molecule has 3 N–H and O–H groups in total. The van der Waals surface area contributed by atoms with Crippen molar-refractivity contribution in [2.24, 2.45) is 17.8 Å². The highest BCUT2D eigenvalue weighted by Crippen LogP contribution is 2.38. The van der Waals surface area contributed by atoms with E-state index in [4.69, 9.17) is 0 Å². The maximum atomic E-state index is 13.2. The van der Waals surface area contributed by atoms with Crippen molar-refractivity contribution >= 4 is 11.8 Å². The number of nitrogens with one attached hydrogen (secondary N) is 2. The Morgan fingerprint density at radius 3 is 2.58 bits per heavy atom. The van der Waals surface area contributed by atoms with Crippen LogP contribution < -0.4 is 10.6 Å². The third-order valence-corrected chi connectivity index (χ3v) is 5.75. The number of aliphatic hydroxyl groups is 1. The summed E-state index contributed by atoms with van der Waals surface area (Å²) in [5, 5.41) is 15.0. The molecule has 0 aromatic carbocycles. The fourth-order valence-electron chi connectivity index (χ4n) is 4.09. The van der Waals surface area contributed by atoms with Crippen LogP contribution in [0.25, 0.3) is 0 Å². The van der Waals surface area contributed by atoms with Gasteiger partial charge in [0, 0.05) is 31.7 Å². The van der Waals surface area contributed by atoms with Crippen molar-refractivity contribution < 1.29 is 23.5 Å². The maximum absolute atomic E-state index is 13.2. The van der Waals surface area contributed by atoms with Gasteiger partial charge in [0.1, 0.15) is 0 Å². The van der Waals surface area contributed by atoms with E-state index in [9.17, 15) is 23.5 Å². The molecule has 1 aliphatic carbocycles. The summed E-state index contributed by atoms with van der Waals surface area (Å²) in [5.41, 5.74) is 0. The van der Waals surface area contributed by atoms with E-state index < -0.39 is 12.0 Å². The third kappa shape index (κ3) is 6.82. The van der Waals surface area contributed by atoms with Crippen molar-refractivity contribution in [2.75, 3.05) is 13.2 Å². The SMILES string of the molecule is CC(CCC(=O)N[C@H](CO)C[C@@H]1CCNC1=O)CC1CCC(F)(F)CC1. The van der Waals surface area contributed by atoms with Gasteiger partial charge in [-0.3, -0.25) is 9.59 Å². The van der Waals surface area contributed by atoms with E-state index in [-0.39, 0.29) is 37.2 Å². The van der Waals surface area contributed by atoms with E-state index in [1.54, 1.807) is 0 Å². The minimum absolute atomic E-state index is 0.00983. The molecular formula is C19H32F2N2O3. The molecule has 7 heteroatoms. The minimum atomic E-state index is -2.49. The van der Waals surface area contributed by atoms with E-state index in [2.05, 4.69) is 17.6 Å². The summed E-state index contributed by atoms with van der Waals surface area (Å²) in [7, 11) is 0. The first-order chi connectivity index (χ1) is 12.3. The molecule has 1 saturated carbocycles. The molecule has 0 spiro atoms. The lowest BCUT2D eigenvalue weighted by Crippen LogP contribution is -2.40. The smallest absolute Gasteiger partial charge is 0.248 e. The molecule has 1 heterocycles. The van der Waals surface area contributed by atoms with Gasteiger partial charge in [0.2, 0.25) is 17.7 Å². The van der Waals surface area contributed by atoms with Crippen LogP contribution in [-0.4, -0.2) is 42.0 Å². The van der Waals surface area contributed by atoms with E-state index in [0.717, 1.165) is 12.8 Å². The van der Waals surface area contributed by atoms with Gasteiger partial charge in [0.25, 0.3) is 0 Å². The predicted octanol–water partition coefficient (Wildman–Crippen LogP) is 2.62. The van der Waals surface area contributed by atoms with Gasteiger partial charge in [-0.05, 0) is 50.4 Å².